The molecular formula is C29H31N5O3. The Kier molecular flexibility index (Phi) is 6.14. The maximum Gasteiger partial charge on any atom is 0.255 e. The predicted molar refractivity (Wildman–Crippen MR) is 140 cm³/mol. The quantitative estimate of drug-likeness (QED) is 0.437. The normalized spacial score (nSPS) is 19.2. The SMILES string of the molecule is COc1ccc2c3c([nH]c2c1)[C@H](CO)N(Cc1ccncc1)CC31CCN(C(=O)c2cccnc2)CC1. The lowest BCUT2D eigenvalue weighted by atomic mass is 9.68. The second kappa shape index (κ2) is 9.61. The van der Waals surface area contributed by atoms with Gasteiger partial charge in [-0.05, 0) is 60.4 Å². The van der Waals surface area contributed by atoms with E-state index in [0.717, 1.165) is 41.9 Å². The molecule has 1 atom stereocenters. The number of aliphatic hydroxyl groups is 1. The molecule has 3 aromatic heterocycles. The Bertz CT molecular complexity index is 1400. The summed E-state index contributed by atoms with van der Waals surface area (Å²) in [6.07, 6.45) is 8.64. The number of aliphatic hydroxyl groups excluding tert-OH is 1. The molecule has 0 bridgehead atoms. The van der Waals surface area contributed by atoms with Gasteiger partial charge in [0.15, 0.2) is 0 Å². The van der Waals surface area contributed by atoms with E-state index in [4.69, 9.17) is 4.74 Å². The first-order chi connectivity index (χ1) is 18.1. The molecule has 8 heteroatoms. The van der Waals surface area contributed by atoms with Gasteiger partial charge in [-0.2, -0.15) is 0 Å². The lowest BCUT2D eigenvalue weighted by molar-refractivity contribution is 0.0386. The number of aromatic amines is 1. The second-order valence-electron chi connectivity index (χ2n) is 10.1. The summed E-state index contributed by atoms with van der Waals surface area (Å²) in [7, 11) is 1.67. The Morgan fingerprint density at radius 1 is 1.14 bits per heavy atom. The van der Waals surface area contributed by atoms with Gasteiger partial charge < -0.3 is 19.7 Å². The standard InChI is InChI=1S/C29H31N5O3/c1-37-22-4-5-23-24(15-22)32-27-25(18-35)34(17-20-6-11-30-12-7-20)19-29(26(23)27)8-13-33(14-9-29)28(36)21-3-2-10-31-16-21/h2-7,10-12,15-16,25,32,35H,8-9,13-14,17-19H2,1H3/t25-/m0/s1. The van der Waals surface area contributed by atoms with E-state index >= 15 is 0 Å². The molecule has 5 heterocycles. The van der Waals surface area contributed by atoms with Crippen LogP contribution in [0.1, 0.15) is 46.1 Å². The van der Waals surface area contributed by atoms with Crippen molar-refractivity contribution in [2.24, 2.45) is 0 Å². The fourth-order valence-corrected chi connectivity index (χ4v) is 6.22. The highest BCUT2D eigenvalue weighted by molar-refractivity contribution is 5.94. The Morgan fingerprint density at radius 3 is 2.65 bits per heavy atom. The molecule has 4 aromatic rings. The number of rotatable bonds is 5. The number of nitrogens with zero attached hydrogens (tertiary/aromatic N) is 4. The van der Waals surface area contributed by atoms with Crippen molar-refractivity contribution in [2.45, 2.75) is 30.8 Å². The van der Waals surface area contributed by atoms with Gasteiger partial charge in [0.05, 0.1) is 25.3 Å². The molecule has 0 unspecified atom stereocenters. The zero-order chi connectivity index (χ0) is 25.4. The first-order valence-corrected chi connectivity index (χ1v) is 12.7. The van der Waals surface area contributed by atoms with Gasteiger partial charge in [-0.1, -0.05) is 0 Å². The van der Waals surface area contributed by atoms with Crippen molar-refractivity contribution >= 4 is 16.8 Å². The van der Waals surface area contributed by atoms with E-state index in [9.17, 15) is 9.90 Å². The predicted octanol–water partition coefficient (Wildman–Crippen LogP) is 3.69. The van der Waals surface area contributed by atoms with Crippen molar-refractivity contribution in [2.75, 3.05) is 33.4 Å². The maximum absolute atomic E-state index is 13.2. The van der Waals surface area contributed by atoms with Gasteiger partial charge >= 0.3 is 0 Å². The van der Waals surface area contributed by atoms with Gasteiger partial charge in [-0.3, -0.25) is 19.7 Å². The lowest BCUT2D eigenvalue weighted by Crippen LogP contribution is -2.54. The molecule has 1 fully saturated rings. The van der Waals surface area contributed by atoms with Gasteiger partial charge in [0, 0.05) is 79.0 Å². The summed E-state index contributed by atoms with van der Waals surface area (Å²) >= 11 is 0. The summed E-state index contributed by atoms with van der Waals surface area (Å²) < 4.78 is 5.49. The van der Waals surface area contributed by atoms with Crippen LogP contribution < -0.4 is 4.74 Å². The first-order valence-electron chi connectivity index (χ1n) is 12.7. The van der Waals surface area contributed by atoms with Gasteiger partial charge in [0.25, 0.3) is 5.91 Å². The number of likely N-dealkylation sites (tertiary alicyclic amines) is 1. The molecule has 2 N–H and O–H groups in total. The number of hydrogen-bond donors (Lipinski definition) is 2. The van der Waals surface area contributed by atoms with Crippen molar-refractivity contribution in [3.8, 4) is 5.75 Å². The first kappa shape index (κ1) is 23.6. The highest BCUT2D eigenvalue weighted by atomic mass is 16.5. The molecule has 2 aliphatic heterocycles. The van der Waals surface area contributed by atoms with Crippen LogP contribution in [0.15, 0.2) is 67.3 Å². The van der Waals surface area contributed by atoms with E-state index in [1.807, 2.05) is 47.6 Å². The van der Waals surface area contributed by atoms with E-state index in [1.165, 1.54) is 10.9 Å². The molecule has 2 aliphatic rings. The summed E-state index contributed by atoms with van der Waals surface area (Å²) in [5.74, 6) is 0.829. The number of H-pyrrole nitrogens is 1. The molecule has 0 aliphatic carbocycles. The largest absolute Gasteiger partial charge is 0.497 e. The molecule has 37 heavy (non-hydrogen) atoms. The van der Waals surface area contributed by atoms with Crippen LogP contribution in [0.2, 0.25) is 0 Å². The maximum atomic E-state index is 13.2. The fraction of sp³-hybridized carbons (Fsp3) is 0.345. The van der Waals surface area contributed by atoms with Gasteiger partial charge in [-0.15, -0.1) is 0 Å². The van der Waals surface area contributed by atoms with Crippen LogP contribution in [0.3, 0.4) is 0 Å². The molecular weight excluding hydrogens is 466 g/mol. The number of fused-ring (bicyclic) bond motifs is 4. The number of piperidine rings is 1. The minimum atomic E-state index is -0.151. The number of methoxy groups -OCH3 is 1. The molecule has 1 spiro atoms. The Balaban J connectivity index is 1.39. The van der Waals surface area contributed by atoms with Crippen LogP contribution in [0.5, 0.6) is 5.75 Å². The third-order valence-electron chi connectivity index (χ3n) is 8.07. The van der Waals surface area contributed by atoms with Crippen LogP contribution in [0.4, 0.5) is 0 Å². The van der Waals surface area contributed by atoms with Crippen LogP contribution in [-0.2, 0) is 12.0 Å². The minimum absolute atomic E-state index is 0.0176. The number of nitrogens with one attached hydrogen (secondary N) is 1. The summed E-state index contributed by atoms with van der Waals surface area (Å²) in [5, 5.41) is 11.8. The molecule has 0 radical (unpaired) electrons. The Morgan fingerprint density at radius 2 is 1.95 bits per heavy atom. The van der Waals surface area contributed by atoms with Gasteiger partial charge in [0.2, 0.25) is 0 Å². The Hall–Kier alpha value is -3.75. The van der Waals surface area contributed by atoms with Crippen molar-refractivity contribution in [1.82, 2.24) is 24.8 Å². The van der Waals surface area contributed by atoms with Crippen LogP contribution in [-0.4, -0.2) is 69.1 Å². The van der Waals surface area contributed by atoms with Crippen LogP contribution in [0.25, 0.3) is 10.9 Å². The van der Waals surface area contributed by atoms with Gasteiger partial charge in [0.1, 0.15) is 5.75 Å². The van der Waals surface area contributed by atoms with E-state index in [-0.39, 0.29) is 24.0 Å². The third kappa shape index (κ3) is 4.16. The number of amides is 1. The van der Waals surface area contributed by atoms with Crippen LogP contribution in [0, 0.1) is 0 Å². The zero-order valence-electron chi connectivity index (χ0n) is 20.9. The molecule has 1 amide bonds. The highest BCUT2D eigenvalue weighted by Crippen LogP contribution is 2.49. The second-order valence-corrected chi connectivity index (χ2v) is 10.1. The van der Waals surface area contributed by atoms with E-state index < -0.39 is 0 Å². The number of ether oxygens (including phenoxy) is 1. The summed E-state index contributed by atoms with van der Waals surface area (Å²) in [6.45, 7) is 2.88. The van der Waals surface area contributed by atoms with Gasteiger partial charge in [-0.25, -0.2) is 0 Å². The summed E-state index contributed by atoms with van der Waals surface area (Å²) in [4.78, 5) is 29.4. The van der Waals surface area contributed by atoms with Crippen molar-refractivity contribution in [3.63, 3.8) is 0 Å². The average Bonchev–Trinajstić information content (AvgIpc) is 3.34. The number of carbonyl (C=O) groups is 1. The number of pyridine rings is 2. The van der Waals surface area contributed by atoms with E-state index in [0.29, 0.717) is 25.2 Å². The number of hydrogen-bond acceptors (Lipinski definition) is 6. The molecule has 8 nitrogen and oxygen atoms in total. The van der Waals surface area contributed by atoms with E-state index in [1.54, 1.807) is 25.6 Å². The molecule has 1 aromatic carbocycles. The third-order valence-corrected chi connectivity index (χ3v) is 8.07. The smallest absolute Gasteiger partial charge is 0.255 e. The molecule has 0 saturated carbocycles. The number of aromatic nitrogens is 3. The zero-order valence-corrected chi connectivity index (χ0v) is 20.9. The molecule has 190 valence electrons. The number of benzene rings is 1. The lowest BCUT2D eigenvalue weighted by Gasteiger charge is -2.50. The van der Waals surface area contributed by atoms with Crippen molar-refractivity contribution in [3.05, 3.63) is 89.6 Å². The van der Waals surface area contributed by atoms with E-state index in [2.05, 4.69) is 25.9 Å². The summed E-state index contributed by atoms with van der Waals surface area (Å²) in [5.41, 5.74) is 5.01. The topological polar surface area (TPSA) is 94.6 Å². The monoisotopic (exact) mass is 497 g/mol. The Labute approximate surface area is 215 Å². The molecule has 1 saturated heterocycles. The fourth-order valence-electron chi connectivity index (χ4n) is 6.22. The van der Waals surface area contributed by atoms with Crippen molar-refractivity contribution in [1.29, 1.82) is 0 Å². The summed E-state index contributed by atoms with van der Waals surface area (Å²) in [6, 6.07) is 13.7. The average molecular weight is 498 g/mol. The van der Waals surface area contributed by atoms with Crippen molar-refractivity contribution < 1.29 is 14.6 Å². The minimum Gasteiger partial charge on any atom is -0.497 e. The highest BCUT2D eigenvalue weighted by Gasteiger charge is 2.47. The van der Waals surface area contributed by atoms with Crippen LogP contribution >= 0.6 is 0 Å². The number of carbonyl (C=O) groups excluding carboxylic acids is 1. The molecule has 6 rings (SSSR count).